The Morgan fingerprint density at radius 3 is 2.28 bits per heavy atom. The maximum absolute atomic E-state index is 11.1. The summed E-state index contributed by atoms with van der Waals surface area (Å²) in [7, 11) is 4.50. The lowest BCUT2D eigenvalue weighted by Gasteiger charge is -2.29. The second kappa shape index (κ2) is 8.11. The van der Waals surface area contributed by atoms with E-state index in [0.717, 1.165) is 0 Å². The van der Waals surface area contributed by atoms with Crippen LogP contribution in [0.4, 0.5) is 0 Å². The molecule has 0 N–H and O–H groups in total. The zero-order valence-corrected chi connectivity index (χ0v) is 11.9. The maximum Gasteiger partial charge on any atom is 0.305 e. The van der Waals surface area contributed by atoms with Gasteiger partial charge in [-0.15, -0.1) is 0 Å². The van der Waals surface area contributed by atoms with E-state index in [2.05, 4.69) is 11.3 Å². The summed E-state index contributed by atoms with van der Waals surface area (Å²) in [5.41, 5.74) is 0. The molecule has 18 heavy (non-hydrogen) atoms. The van der Waals surface area contributed by atoms with Crippen molar-refractivity contribution in [2.24, 2.45) is 0 Å². The summed E-state index contributed by atoms with van der Waals surface area (Å²) in [4.78, 5) is 11.1. The van der Waals surface area contributed by atoms with E-state index < -0.39 is 5.79 Å². The Bertz CT molecular complexity index is 273. The van der Waals surface area contributed by atoms with Gasteiger partial charge >= 0.3 is 5.97 Å². The van der Waals surface area contributed by atoms with E-state index in [1.807, 2.05) is 13.8 Å². The van der Waals surface area contributed by atoms with Crippen LogP contribution in [-0.4, -0.2) is 39.2 Å². The first kappa shape index (κ1) is 16.9. The van der Waals surface area contributed by atoms with Gasteiger partial charge in [-0.25, -0.2) is 0 Å². The second-order valence-corrected chi connectivity index (χ2v) is 4.41. The molecule has 0 aromatic heterocycles. The number of methoxy groups -OCH3 is 3. The Balaban J connectivity index is 4.42. The fourth-order valence-corrected chi connectivity index (χ4v) is 1.37. The molecule has 0 rings (SSSR count). The molecule has 5 heteroatoms. The van der Waals surface area contributed by atoms with Crippen LogP contribution in [0.2, 0.25) is 0 Å². The highest BCUT2D eigenvalue weighted by Gasteiger charge is 2.24. The highest BCUT2D eigenvalue weighted by molar-refractivity contribution is 5.69. The molecule has 0 fully saturated rings. The lowest BCUT2D eigenvalue weighted by molar-refractivity contribution is -0.225. The van der Waals surface area contributed by atoms with Gasteiger partial charge in [-0.3, -0.25) is 4.79 Å². The van der Waals surface area contributed by atoms with Gasteiger partial charge in [-0.1, -0.05) is 6.58 Å². The molecule has 5 nitrogen and oxygen atoms in total. The summed E-state index contributed by atoms with van der Waals surface area (Å²) in [5, 5.41) is 0. The van der Waals surface area contributed by atoms with Crippen LogP contribution in [0.5, 0.6) is 0 Å². The summed E-state index contributed by atoms with van der Waals surface area (Å²) in [6.07, 6.45) is 1.13. The molecular weight excluding hydrogens is 236 g/mol. The first-order valence-electron chi connectivity index (χ1n) is 5.86. The predicted molar refractivity (Wildman–Crippen MR) is 68.0 cm³/mol. The van der Waals surface area contributed by atoms with Gasteiger partial charge in [0.15, 0.2) is 5.79 Å². The third kappa shape index (κ3) is 7.29. The number of ether oxygens (including phenoxy) is 4. The highest BCUT2D eigenvalue weighted by Crippen LogP contribution is 2.21. The first-order valence-corrected chi connectivity index (χ1v) is 5.86. The summed E-state index contributed by atoms with van der Waals surface area (Å²) >= 11 is 0. The Morgan fingerprint density at radius 2 is 1.83 bits per heavy atom. The maximum atomic E-state index is 11.1. The molecule has 1 unspecified atom stereocenters. The smallest absolute Gasteiger partial charge is 0.305 e. The minimum atomic E-state index is -0.713. The third-order valence-corrected chi connectivity index (χ3v) is 2.58. The summed E-state index contributed by atoms with van der Waals surface area (Å²) in [6.45, 7) is 7.38. The molecule has 0 radical (unpaired) electrons. The van der Waals surface area contributed by atoms with Crippen molar-refractivity contribution in [1.29, 1.82) is 0 Å². The molecule has 0 aliphatic heterocycles. The molecule has 106 valence electrons. The van der Waals surface area contributed by atoms with Gasteiger partial charge in [-0.05, 0) is 20.3 Å². The quantitative estimate of drug-likeness (QED) is 0.361. The van der Waals surface area contributed by atoms with Crippen molar-refractivity contribution in [2.45, 2.75) is 45.0 Å². The number of rotatable bonds is 9. The average Bonchev–Trinajstić information content (AvgIpc) is 2.34. The topological polar surface area (TPSA) is 54.0 Å². The lowest BCUT2D eigenvalue weighted by Crippen LogP contribution is -2.33. The normalized spacial score (nSPS) is 12.9. The predicted octanol–water partition coefficient (Wildman–Crippen LogP) is 2.26. The van der Waals surface area contributed by atoms with Crippen LogP contribution in [-0.2, 0) is 23.7 Å². The van der Waals surface area contributed by atoms with E-state index in [1.54, 1.807) is 14.2 Å². The van der Waals surface area contributed by atoms with Crippen LogP contribution in [0.15, 0.2) is 12.3 Å². The first-order chi connectivity index (χ1) is 8.34. The van der Waals surface area contributed by atoms with Crippen LogP contribution < -0.4 is 0 Å². The molecule has 0 heterocycles. The minimum Gasteiger partial charge on any atom is -0.502 e. The second-order valence-electron chi connectivity index (χ2n) is 4.41. The molecule has 0 aromatic rings. The fraction of sp³-hybridized carbons (Fsp3) is 0.769. The average molecular weight is 260 g/mol. The number of carbonyl (C=O) groups excluding carboxylic acids is 1. The molecule has 0 aliphatic carbocycles. The fourth-order valence-electron chi connectivity index (χ4n) is 1.37. The van der Waals surface area contributed by atoms with Gasteiger partial charge in [0.25, 0.3) is 0 Å². The molecule has 0 aliphatic rings. The lowest BCUT2D eigenvalue weighted by atomic mass is 10.1. The zero-order chi connectivity index (χ0) is 14.2. The van der Waals surface area contributed by atoms with E-state index >= 15 is 0 Å². The van der Waals surface area contributed by atoms with Gasteiger partial charge in [0.2, 0.25) is 0 Å². The van der Waals surface area contributed by atoms with Gasteiger partial charge in [0.05, 0.1) is 26.1 Å². The van der Waals surface area contributed by atoms with Gasteiger partial charge in [0, 0.05) is 20.0 Å². The molecule has 0 bridgehead atoms. The van der Waals surface area contributed by atoms with Crippen molar-refractivity contribution in [3.05, 3.63) is 12.3 Å². The van der Waals surface area contributed by atoms with Gasteiger partial charge in [0.1, 0.15) is 0 Å². The SMILES string of the molecule is C=C(CC(CCC(=O)OC)OC(C)(C)OC)OC. The van der Waals surface area contributed by atoms with Crippen LogP contribution >= 0.6 is 0 Å². The number of esters is 1. The molecule has 0 spiro atoms. The largest absolute Gasteiger partial charge is 0.502 e. The van der Waals surface area contributed by atoms with E-state index in [4.69, 9.17) is 14.2 Å². The number of hydrogen-bond donors (Lipinski definition) is 0. The number of hydrogen-bond acceptors (Lipinski definition) is 5. The Hall–Kier alpha value is -1.07. The monoisotopic (exact) mass is 260 g/mol. The van der Waals surface area contributed by atoms with E-state index in [-0.39, 0.29) is 18.5 Å². The van der Waals surface area contributed by atoms with Crippen LogP contribution in [0.25, 0.3) is 0 Å². The summed E-state index contributed by atoms with van der Waals surface area (Å²) in [6, 6.07) is 0. The molecule has 0 aromatic carbocycles. The molecule has 0 saturated carbocycles. The van der Waals surface area contributed by atoms with Crippen molar-refractivity contribution in [1.82, 2.24) is 0 Å². The Labute approximate surface area is 109 Å². The molecular formula is C13H24O5. The number of carbonyl (C=O) groups is 1. The molecule has 0 amide bonds. The molecule has 0 saturated heterocycles. The van der Waals surface area contributed by atoms with E-state index in [9.17, 15) is 4.79 Å². The standard InChI is InChI=1S/C13H24O5/c1-10(15-4)9-11(7-8-12(14)16-5)18-13(2,3)17-6/h11H,1,7-9H2,2-6H3. The molecule has 1 atom stereocenters. The van der Waals surface area contributed by atoms with Gasteiger partial charge in [-0.2, -0.15) is 0 Å². The highest BCUT2D eigenvalue weighted by atomic mass is 16.7. The van der Waals surface area contributed by atoms with Crippen molar-refractivity contribution in [3.8, 4) is 0 Å². The van der Waals surface area contributed by atoms with Crippen molar-refractivity contribution < 1.29 is 23.7 Å². The van der Waals surface area contributed by atoms with Crippen LogP contribution in [0.1, 0.15) is 33.1 Å². The Kier molecular flexibility index (Phi) is 7.62. The zero-order valence-electron chi connectivity index (χ0n) is 11.9. The van der Waals surface area contributed by atoms with Crippen molar-refractivity contribution >= 4 is 5.97 Å². The van der Waals surface area contributed by atoms with Crippen LogP contribution in [0, 0.1) is 0 Å². The van der Waals surface area contributed by atoms with E-state index in [0.29, 0.717) is 18.6 Å². The van der Waals surface area contributed by atoms with Crippen molar-refractivity contribution in [3.63, 3.8) is 0 Å². The third-order valence-electron chi connectivity index (χ3n) is 2.58. The Morgan fingerprint density at radius 1 is 1.22 bits per heavy atom. The van der Waals surface area contributed by atoms with Crippen LogP contribution in [0.3, 0.4) is 0 Å². The summed E-state index contributed by atoms with van der Waals surface area (Å²) < 4.78 is 20.6. The summed E-state index contributed by atoms with van der Waals surface area (Å²) in [5.74, 6) is -0.368. The minimum absolute atomic E-state index is 0.202. The van der Waals surface area contributed by atoms with Gasteiger partial charge < -0.3 is 18.9 Å². The van der Waals surface area contributed by atoms with E-state index in [1.165, 1.54) is 7.11 Å². The van der Waals surface area contributed by atoms with Crippen molar-refractivity contribution in [2.75, 3.05) is 21.3 Å².